The van der Waals surface area contributed by atoms with Crippen molar-refractivity contribution < 1.29 is 13.6 Å². The first kappa shape index (κ1) is 15.7. The molecule has 1 aliphatic rings. The average Bonchev–Trinajstić information content (AvgIpc) is 3.43. The first-order valence-electron chi connectivity index (χ1n) is 8.18. The van der Waals surface area contributed by atoms with Crippen LogP contribution in [0.15, 0.2) is 42.6 Å². The van der Waals surface area contributed by atoms with Gasteiger partial charge in [-0.3, -0.25) is 4.79 Å². The van der Waals surface area contributed by atoms with Gasteiger partial charge in [0.05, 0.1) is 0 Å². The number of fused-ring (bicyclic) bond motifs is 1. The lowest BCUT2D eigenvalue weighted by Crippen LogP contribution is -2.14. The zero-order valence-corrected chi connectivity index (χ0v) is 13.6. The second-order valence-corrected chi connectivity index (χ2v) is 6.48. The van der Waals surface area contributed by atoms with E-state index in [0.717, 1.165) is 29.2 Å². The molecule has 3 nitrogen and oxygen atoms in total. The number of aromatic nitrogens is 1. The monoisotopic (exact) mass is 338 g/mol. The molecule has 4 rings (SSSR count). The van der Waals surface area contributed by atoms with Gasteiger partial charge in [-0.1, -0.05) is 12.1 Å². The van der Waals surface area contributed by atoms with E-state index in [1.54, 1.807) is 13.1 Å². The van der Waals surface area contributed by atoms with Crippen LogP contribution in [0.25, 0.3) is 21.9 Å². The van der Waals surface area contributed by atoms with Crippen molar-refractivity contribution in [3.8, 4) is 11.1 Å². The lowest BCUT2D eigenvalue weighted by molar-refractivity contribution is -0.117. The van der Waals surface area contributed by atoms with Gasteiger partial charge in [0.25, 0.3) is 0 Å². The molecule has 0 aliphatic heterocycles. The largest absolute Gasteiger partial charge is 0.310 e. The van der Waals surface area contributed by atoms with E-state index in [-0.39, 0.29) is 11.8 Å². The van der Waals surface area contributed by atoms with Gasteiger partial charge < -0.3 is 5.32 Å². The van der Waals surface area contributed by atoms with Crippen LogP contribution in [-0.4, -0.2) is 10.9 Å². The molecule has 0 radical (unpaired) electrons. The number of carbonyl (C=O) groups is 1. The molecule has 0 spiro atoms. The van der Waals surface area contributed by atoms with E-state index in [9.17, 15) is 13.6 Å². The lowest BCUT2D eigenvalue weighted by atomic mass is 9.98. The minimum atomic E-state index is -0.864. The Morgan fingerprint density at radius 1 is 1.08 bits per heavy atom. The van der Waals surface area contributed by atoms with Crippen LogP contribution >= 0.6 is 0 Å². The Morgan fingerprint density at radius 2 is 1.84 bits per heavy atom. The molecular formula is C20H16F2N2O. The van der Waals surface area contributed by atoms with Crippen LogP contribution in [0, 0.1) is 24.5 Å². The van der Waals surface area contributed by atoms with Gasteiger partial charge in [0.2, 0.25) is 5.91 Å². The summed E-state index contributed by atoms with van der Waals surface area (Å²) in [4.78, 5) is 16.1. The first-order chi connectivity index (χ1) is 12.0. The predicted molar refractivity (Wildman–Crippen MR) is 93.2 cm³/mol. The number of rotatable bonds is 3. The highest BCUT2D eigenvalue weighted by Gasteiger charge is 2.29. The van der Waals surface area contributed by atoms with Crippen molar-refractivity contribution in [3.05, 3.63) is 59.8 Å². The summed E-state index contributed by atoms with van der Waals surface area (Å²) in [6.45, 7) is 1.75. The maximum absolute atomic E-state index is 13.6. The SMILES string of the molecule is Cc1cc(F)c(F)cc1-c1ccc2cc(NC(=O)C3CC3)ncc2c1. The summed E-state index contributed by atoms with van der Waals surface area (Å²) in [7, 11) is 0. The van der Waals surface area contributed by atoms with E-state index >= 15 is 0 Å². The van der Waals surface area contributed by atoms with E-state index in [1.165, 1.54) is 12.1 Å². The molecule has 1 aliphatic carbocycles. The standard InChI is InChI=1S/C20H16F2N2O/c1-11-6-17(21)18(22)9-16(11)14-5-4-13-8-19(23-10-15(13)7-14)24-20(25)12-2-3-12/h4-10,12H,2-3H2,1H3,(H,23,24,25). The van der Waals surface area contributed by atoms with Gasteiger partial charge >= 0.3 is 0 Å². The van der Waals surface area contributed by atoms with Crippen LogP contribution in [0.3, 0.4) is 0 Å². The summed E-state index contributed by atoms with van der Waals surface area (Å²) in [6.07, 6.45) is 3.56. The number of hydrogen-bond acceptors (Lipinski definition) is 2. The van der Waals surface area contributed by atoms with E-state index < -0.39 is 11.6 Å². The Bertz CT molecular complexity index is 996. The van der Waals surface area contributed by atoms with Crippen LogP contribution < -0.4 is 5.32 Å². The van der Waals surface area contributed by atoms with Gasteiger partial charge in [-0.15, -0.1) is 0 Å². The van der Waals surface area contributed by atoms with E-state index in [0.29, 0.717) is 16.9 Å². The lowest BCUT2D eigenvalue weighted by Gasteiger charge is -2.09. The normalized spacial score (nSPS) is 13.9. The molecule has 1 fully saturated rings. The van der Waals surface area contributed by atoms with Crippen LogP contribution in [-0.2, 0) is 4.79 Å². The molecule has 1 N–H and O–H groups in total. The number of aryl methyl sites for hydroxylation is 1. The number of nitrogens with zero attached hydrogens (tertiary/aromatic N) is 1. The number of pyridine rings is 1. The second-order valence-electron chi connectivity index (χ2n) is 6.48. The van der Waals surface area contributed by atoms with Gasteiger partial charge in [0, 0.05) is 17.5 Å². The van der Waals surface area contributed by atoms with Crippen LogP contribution in [0.2, 0.25) is 0 Å². The van der Waals surface area contributed by atoms with Crippen LogP contribution in [0.4, 0.5) is 14.6 Å². The highest BCUT2D eigenvalue weighted by Crippen LogP contribution is 2.31. The fraction of sp³-hybridized carbons (Fsp3) is 0.200. The highest BCUT2D eigenvalue weighted by atomic mass is 19.2. The van der Waals surface area contributed by atoms with Crippen molar-refractivity contribution >= 4 is 22.5 Å². The molecular weight excluding hydrogens is 322 g/mol. The van der Waals surface area contributed by atoms with Crippen LogP contribution in [0.5, 0.6) is 0 Å². The molecule has 1 aromatic heterocycles. The smallest absolute Gasteiger partial charge is 0.228 e. The van der Waals surface area contributed by atoms with Gasteiger partial charge in [-0.2, -0.15) is 0 Å². The van der Waals surface area contributed by atoms with Gasteiger partial charge in [-0.05, 0) is 66.1 Å². The quantitative estimate of drug-likeness (QED) is 0.743. The number of halogens is 2. The summed E-state index contributed by atoms with van der Waals surface area (Å²) >= 11 is 0. The number of anilines is 1. The van der Waals surface area contributed by atoms with E-state index in [1.807, 2.05) is 24.3 Å². The summed E-state index contributed by atoms with van der Waals surface area (Å²) in [5, 5.41) is 4.61. The van der Waals surface area contributed by atoms with Gasteiger partial charge in [0.15, 0.2) is 11.6 Å². The number of nitrogens with one attached hydrogen (secondary N) is 1. The van der Waals surface area contributed by atoms with Gasteiger partial charge in [-0.25, -0.2) is 13.8 Å². The van der Waals surface area contributed by atoms with Crippen LogP contribution in [0.1, 0.15) is 18.4 Å². The predicted octanol–water partition coefficient (Wildman–Crippen LogP) is 4.84. The topological polar surface area (TPSA) is 42.0 Å². The van der Waals surface area contributed by atoms with Gasteiger partial charge in [0.1, 0.15) is 5.82 Å². The highest BCUT2D eigenvalue weighted by molar-refractivity contribution is 5.96. The van der Waals surface area contributed by atoms with Crippen molar-refractivity contribution in [2.45, 2.75) is 19.8 Å². The van der Waals surface area contributed by atoms with E-state index in [4.69, 9.17) is 0 Å². The Morgan fingerprint density at radius 3 is 2.60 bits per heavy atom. The molecule has 5 heteroatoms. The summed E-state index contributed by atoms with van der Waals surface area (Å²) < 4.78 is 26.9. The Labute approximate surface area is 143 Å². The Kier molecular flexibility index (Phi) is 3.71. The second kappa shape index (κ2) is 5.92. The molecule has 0 saturated heterocycles. The molecule has 0 bridgehead atoms. The minimum absolute atomic E-state index is 0.0147. The number of benzene rings is 2. The minimum Gasteiger partial charge on any atom is -0.310 e. The molecule has 25 heavy (non-hydrogen) atoms. The third kappa shape index (κ3) is 3.09. The molecule has 3 aromatic rings. The Balaban J connectivity index is 1.69. The Hall–Kier alpha value is -2.82. The molecule has 1 saturated carbocycles. The van der Waals surface area contributed by atoms with Crippen molar-refractivity contribution in [1.82, 2.24) is 4.98 Å². The van der Waals surface area contributed by atoms with Crippen molar-refractivity contribution in [3.63, 3.8) is 0 Å². The van der Waals surface area contributed by atoms with Crippen molar-refractivity contribution in [1.29, 1.82) is 0 Å². The first-order valence-corrected chi connectivity index (χ1v) is 8.18. The molecule has 1 heterocycles. The van der Waals surface area contributed by atoms with Crippen molar-refractivity contribution in [2.24, 2.45) is 5.92 Å². The molecule has 126 valence electrons. The number of hydrogen-bond donors (Lipinski definition) is 1. The molecule has 2 aromatic carbocycles. The molecule has 1 amide bonds. The number of amides is 1. The zero-order chi connectivity index (χ0) is 17.6. The van der Waals surface area contributed by atoms with Crippen molar-refractivity contribution in [2.75, 3.05) is 5.32 Å². The third-order valence-electron chi connectivity index (χ3n) is 4.50. The number of carbonyl (C=O) groups excluding carboxylic acids is 1. The third-order valence-corrected chi connectivity index (χ3v) is 4.50. The fourth-order valence-corrected chi connectivity index (χ4v) is 2.91. The fourth-order valence-electron chi connectivity index (χ4n) is 2.91. The van der Waals surface area contributed by atoms with E-state index in [2.05, 4.69) is 10.3 Å². The molecule has 0 atom stereocenters. The average molecular weight is 338 g/mol. The molecule has 0 unspecified atom stereocenters. The summed E-state index contributed by atoms with van der Waals surface area (Å²) in [5.41, 5.74) is 2.10. The maximum Gasteiger partial charge on any atom is 0.228 e. The zero-order valence-electron chi connectivity index (χ0n) is 13.6. The summed E-state index contributed by atoms with van der Waals surface area (Å²) in [6, 6.07) is 9.85. The maximum atomic E-state index is 13.6. The summed E-state index contributed by atoms with van der Waals surface area (Å²) in [5.74, 6) is -1.05.